The molecule has 1 heterocycles. The lowest BCUT2D eigenvalue weighted by atomic mass is 9.87. The van der Waals surface area contributed by atoms with Crippen molar-refractivity contribution < 1.29 is 23.7 Å². The van der Waals surface area contributed by atoms with Gasteiger partial charge in [0.15, 0.2) is 0 Å². The van der Waals surface area contributed by atoms with Crippen molar-refractivity contribution in [3.8, 4) is 17.2 Å². The molecule has 2 aromatic carbocycles. The molecule has 2 aromatic rings. The van der Waals surface area contributed by atoms with E-state index in [-0.39, 0.29) is 18.8 Å². The van der Waals surface area contributed by atoms with Crippen LogP contribution in [0, 0.1) is 0 Å². The van der Waals surface area contributed by atoms with Crippen molar-refractivity contribution in [3.63, 3.8) is 0 Å². The smallest absolute Gasteiger partial charge is 0.146 e. The Bertz CT molecular complexity index is 686. The highest BCUT2D eigenvalue weighted by Crippen LogP contribution is 2.49. The van der Waals surface area contributed by atoms with Gasteiger partial charge >= 0.3 is 0 Å². The van der Waals surface area contributed by atoms with Gasteiger partial charge in [-0.2, -0.15) is 0 Å². The lowest BCUT2D eigenvalue weighted by molar-refractivity contribution is -0.0701. The van der Waals surface area contributed by atoms with Crippen LogP contribution in [0.25, 0.3) is 0 Å². The molecule has 0 N–H and O–H groups in total. The third kappa shape index (κ3) is 3.72. The average molecular weight is 344 g/mol. The second kappa shape index (κ2) is 8.23. The second-order valence-electron chi connectivity index (χ2n) is 5.77. The SMILES string of the molecule is CCOCOC[C@H]1Oc2cc(OC)cc(OC)c2[C@H]1c1ccccc1. The molecule has 5 heteroatoms. The van der Waals surface area contributed by atoms with Crippen LogP contribution in [-0.4, -0.2) is 40.3 Å². The van der Waals surface area contributed by atoms with Crippen molar-refractivity contribution >= 4 is 0 Å². The molecule has 134 valence electrons. The van der Waals surface area contributed by atoms with E-state index in [2.05, 4.69) is 12.1 Å². The second-order valence-corrected chi connectivity index (χ2v) is 5.77. The van der Waals surface area contributed by atoms with Crippen molar-refractivity contribution in [2.45, 2.75) is 18.9 Å². The largest absolute Gasteiger partial charge is 0.496 e. The van der Waals surface area contributed by atoms with Crippen molar-refractivity contribution in [1.29, 1.82) is 0 Å². The molecule has 0 aromatic heterocycles. The first-order chi connectivity index (χ1) is 12.3. The van der Waals surface area contributed by atoms with Gasteiger partial charge in [0.2, 0.25) is 0 Å². The fourth-order valence-corrected chi connectivity index (χ4v) is 3.16. The molecule has 25 heavy (non-hydrogen) atoms. The molecule has 0 radical (unpaired) electrons. The highest BCUT2D eigenvalue weighted by Gasteiger charge is 2.38. The fourth-order valence-electron chi connectivity index (χ4n) is 3.16. The first-order valence-electron chi connectivity index (χ1n) is 8.41. The van der Waals surface area contributed by atoms with E-state index in [0.29, 0.717) is 19.0 Å². The molecule has 0 fully saturated rings. The van der Waals surface area contributed by atoms with Crippen molar-refractivity contribution in [2.24, 2.45) is 0 Å². The molecule has 2 atom stereocenters. The summed E-state index contributed by atoms with van der Waals surface area (Å²) in [5.41, 5.74) is 2.19. The van der Waals surface area contributed by atoms with Gasteiger partial charge in [-0.25, -0.2) is 0 Å². The summed E-state index contributed by atoms with van der Waals surface area (Å²) in [7, 11) is 3.30. The summed E-state index contributed by atoms with van der Waals surface area (Å²) in [5, 5.41) is 0. The monoisotopic (exact) mass is 344 g/mol. The highest BCUT2D eigenvalue weighted by atomic mass is 16.7. The summed E-state index contributed by atoms with van der Waals surface area (Å²) >= 11 is 0. The van der Waals surface area contributed by atoms with Crippen LogP contribution >= 0.6 is 0 Å². The van der Waals surface area contributed by atoms with Gasteiger partial charge in [-0.1, -0.05) is 30.3 Å². The summed E-state index contributed by atoms with van der Waals surface area (Å²) in [6, 6.07) is 14.1. The molecular weight excluding hydrogens is 320 g/mol. The van der Waals surface area contributed by atoms with E-state index in [1.807, 2.05) is 37.3 Å². The number of fused-ring (bicyclic) bond motifs is 1. The van der Waals surface area contributed by atoms with Crippen molar-refractivity contribution in [2.75, 3.05) is 34.2 Å². The Kier molecular flexibility index (Phi) is 5.79. The fraction of sp³-hybridized carbons (Fsp3) is 0.400. The molecule has 1 aliphatic heterocycles. The maximum Gasteiger partial charge on any atom is 0.146 e. The Balaban J connectivity index is 1.95. The number of rotatable bonds is 8. The van der Waals surface area contributed by atoms with Crippen molar-refractivity contribution in [1.82, 2.24) is 0 Å². The van der Waals surface area contributed by atoms with Crippen LogP contribution in [-0.2, 0) is 9.47 Å². The van der Waals surface area contributed by atoms with Gasteiger partial charge in [0, 0.05) is 24.3 Å². The molecule has 0 aliphatic carbocycles. The van der Waals surface area contributed by atoms with Gasteiger partial charge in [0.05, 0.1) is 26.7 Å². The normalized spacial score (nSPS) is 18.5. The van der Waals surface area contributed by atoms with Crippen LogP contribution in [0.4, 0.5) is 0 Å². The molecule has 0 amide bonds. The number of hydrogen-bond donors (Lipinski definition) is 0. The summed E-state index contributed by atoms with van der Waals surface area (Å²) < 4.78 is 28.1. The number of hydrogen-bond acceptors (Lipinski definition) is 5. The van der Waals surface area contributed by atoms with Crippen LogP contribution in [0.15, 0.2) is 42.5 Å². The summed E-state index contributed by atoms with van der Waals surface area (Å²) in [6.07, 6.45) is -0.154. The van der Waals surface area contributed by atoms with Gasteiger partial charge in [-0.3, -0.25) is 0 Å². The van der Waals surface area contributed by atoms with Crippen LogP contribution in [0.5, 0.6) is 17.2 Å². The van der Waals surface area contributed by atoms with E-state index >= 15 is 0 Å². The maximum atomic E-state index is 6.20. The van der Waals surface area contributed by atoms with Gasteiger partial charge in [-0.05, 0) is 12.5 Å². The molecule has 0 saturated carbocycles. The topological polar surface area (TPSA) is 46.2 Å². The molecule has 3 rings (SSSR count). The van der Waals surface area contributed by atoms with E-state index in [1.165, 1.54) is 0 Å². The molecule has 0 unspecified atom stereocenters. The van der Waals surface area contributed by atoms with Crippen LogP contribution in [0.2, 0.25) is 0 Å². The van der Waals surface area contributed by atoms with E-state index < -0.39 is 0 Å². The molecule has 0 saturated heterocycles. The third-order valence-corrected chi connectivity index (χ3v) is 4.31. The molecule has 0 spiro atoms. The number of ether oxygens (including phenoxy) is 5. The minimum atomic E-state index is -0.154. The first-order valence-corrected chi connectivity index (χ1v) is 8.41. The molecule has 0 bridgehead atoms. The Morgan fingerprint density at radius 2 is 1.80 bits per heavy atom. The third-order valence-electron chi connectivity index (χ3n) is 4.31. The zero-order chi connectivity index (χ0) is 17.6. The number of benzene rings is 2. The lowest BCUT2D eigenvalue weighted by Crippen LogP contribution is -2.26. The summed E-state index contributed by atoms with van der Waals surface area (Å²) in [5.74, 6) is 2.27. The van der Waals surface area contributed by atoms with Crippen LogP contribution in [0.3, 0.4) is 0 Å². The molecule has 5 nitrogen and oxygen atoms in total. The minimum Gasteiger partial charge on any atom is -0.496 e. The predicted molar refractivity (Wildman–Crippen MR) is 94.7 cm³/mol. The van der Waals surface area contributed by atoms with Gasteiger partial charge in [-0.15, -0.1) is 0 Å². The van der Waals surface area contributed by atoms with E-state index in [0.717, 1.165) is 22.6 Å². The van der Waals surface area contributed by atoms with Crippen molar-refractivity contribution in [3.05, 3.63) is 53.6 Å². The Hall–Kier alpha value is -2.24. The molecule has 1 aliphatic rings. The lowest BCUT2D eigenvalue weighted by Gasteiger charge is -2.20. The predicted octanol–water partition coefficient (Wildman–Crippen LogP) is 3.61. The Morgan fingerprint density at radius 3 is 2.48 bits per heavy atom. The average Bonchev–Trinajstić information content (AvgIpc) is 3.03. The highest BCUT2D eigenvalue weighted by molar-refractivity contribution is 5.58. The Morgan fingerprint density at radius 1 is 1.00 bits per heavy atom. The zero-order valence-electron chi connectivity index (χ0n) is 14.9. The zero-order valence-corrected chi connectivity index (χ0v) is 14.9. The molecular formula is C20H24O5. The first kappa shape index (κ1) is 17.6. The number of methoxy groups -OCH3 is 2. The summed E-state index contributed by atoms with van der Waals surface area (Å²) in [4.78, 5) is 0. The van der Waals surface area contributed by atoms with Crippen LogP contribution < -0.4 is 14.2 Å². The van der Waals surface area contributed by atoms with E-state index in [1.54, 1.807) is 14.2 Å². The van der Waals surface area contributed by atoms with Gasteiger partial charge < -0.3 is 23.7 Å². The quantitative estimate of drug-likeness (QED) is 0.541. The van der Waals surface area contributed by atoms with Gasteiger partial charge in [0.1, 0.15) is 30.1 Å². The summed E-state index contributed by atoms with van der Waals surface area (Å²) in [6.45, 7) is 3.25. The minimum absolute atomic E-state index is 0.0266. The standard InChI is InChI=1S/C20H24O5/c1-4-23-13-24-12-18-19(14-8-6-5-7-9-14)20-16(22-3)10-15(21-2)11-17(20)25-18/h5-11,18-19H,4,12-13H2,1-3H3/t18-,19+/m1/s1. The van der Waals surface area contributed by atoms with Gasteiger partial charge in [0.25, 0.3) is 0 Å². The Labute approximate surface area is 148 Å². The van der Waals surface area contributed by atoms with Crippen LogP contribution in [0.1, 0.15) is 24.0 Å². The van der Waals surface area contributed by atoms with E-state index in [4.69, 9.17) is 23.7 Å². The maximum absolute atomic E-state index is 6.20. The van der Waals surface area contributed by atoms with E-state index in [9.17, 15) is 0 Å².